The quantitative estimate of drug-likeness (QED) is 0.199. The first kappa shape index (κ1) is 24.9. The summed E-state index contributed by atoms with van der Waals surface area (Å²) in [6, 6.07) is 17.5. The van der Waals surface area contributed by atoms with Crippen LogP contribution in [0.15, 0.2) is 74.5 Å². The zero-order valence-corrected chi connectivity index (χ0v) is 22.7. The number of ether oxygens (including phenoxy) is 2. The third-order valence-electron chi connectivity index (χ3n) is 4.84. The molecule has 4 rings (SSSR count). The molecule has 174 valence electrons. The fourth-order valence-electron chi connectivity index (χ4n) is 3.27. The maximum Gasteiger partial charge on any atom is 0.270 e. The second-order valence-electron chi connectivity index (χ2n) is 7.14. The zero-order chi connectivity index (χ0) is 24.2. The van der Waals surface area contributed by atoms with Crippen molar-refractivity contribution in [1.29, 1.82) is 0 Å². The minimum atomic E-state index is -0.332. The maximum atomic E-state index is 14.0. The SMILES string of the molecule is CCOc1cc(/C=C2\SC(=S)N(c3ccc(Br)cc3)C2=O)cc(Br)c1OCc1ccccc1F. The third-order valence-corrected chi connectivity index (χ3v) is 7.26. The lowest BCUT2D eigenvalue weighted by Crippen LogP contribution is -2.27. The molecule has 0 unspecified atom stereocenters. The Morgan fingerprint density at radius 1 is 1.09 bits per heavy atom. The molecule has 1 aliphatic rings. The van der Waals surface area contributed by atoms with E-state index in [1.165, 1.54) is 22.7 Å². The highest BCUT2D eigenvalue weighted by atomic mass is 79.9. The van der Waals surface area contributed by atoms with Crippen molar-refractivity contribution in [3.05, 3.63) is 91.5 Å². The molecular weight excluding hydrogens is 605 g/mol. The number of thioether (sulfide) groups is 1. The summed E-state index contributed by atoms with van der Waals surface area (Å²) in [7, 11) is 0. The van der Waals surface area contributed by atoms with Gasteiger partial charge in [0.1, 0.15) is 12.4 Å². The van der Waals surface area contributed by atoms with Crippen LogP contribution in [0.3, 0.4) is 0 Å². The van der Waals surface area contributed by atoms with Crippen molar-refractivity contribution in [3.63, 3.8) is 0 Å². The average molecular weight is 623 g/mol. The lowest BCUT2D eigenvalue weighted by molar-refractivity contribution is -0.113. The number of benzene rings is 3. The van der Waals surface area contributed by atoms with Crippen molar-refractivity contribution < 1.29 is 18.7 Å². The molecule has 1 aliphatic heterocycles. The molecular formula is C25H18Br2FNO3S2. The molecule has 0 radical (unpaired) electrons. The summed E-state index contributed by atoms with van der Waals surface area (Å²) in [5, 5.41) is 0. The summed E-state index contributed by atoms with van der Waals surface area (Å²) in [6.45, 7) is 2.33. The standard InChI is InChI=1S/C25H18Br2FNO3S2/c1-2-31-21-12-15(11-19(27)23(21)32-14-16-5-3-4-6-20(16)28)13-22-24(30)29(25(33)34-22)18-9-7-17(26)8-10-18/h3-13H,2,14H2,1H3/b22-13-. The average Bonchev–Trinajstić information content (AvgIpc) is 3.08. The molecule has 1 saturated heterocycles. The first-order chi connectivity index (χ1) is 16.4. The maximum absolute atomic E-state index is 14.0. The molecule has 4 nitrogen and oxygen atoms in total. The summed E-state index contributed by atoms with van der Waals surface area (Å²) in [4.78, 5) is 15.1. The first-order valence-electron chi connectivity index (χ1n) is 10.2. The number of anilines is 1. The van der Waals surface area contributed by atoms with Crippen LogP contribution in [0.1, 0.15) is 18.1 Å². The van der Waals surface area contributed by atoms with Gasteiger partial charge in [0.15, 0.2) is 15.8 Å². The number of hydrogen-bond acceptors (Lipinski definition) is 5. The predicted molar refractivity (Wildman–Crippen MR) is 146 cm³/mol. The van der Waals surface area contributed by atoms with Crippen molar-refractivity contribution in [2.75, 3.05) is 11.5 Å². The smallest absolute Gasteiger partial charge is 0.270 e. The van der Waals surface area contributed by atoms with Gasteiger partial charge in [-0.1, -0.05) is 58.1 Å². The number of hydrogen-bond donors (Lipinski definition) is 0. The molecule has 0 saturated carbocycles. The Bertz CT molecular complexity index is 1280. The van der Waals surface area contributed by atoms with Crippen LogP contribution in [0, 0.1) is 5.82 Å². The molecule has 1 fully saturated rings. The minimum absolute atomic E-state index is 0.0521. The molecule has 0 aromatic heterocycles. The summed E-state index contributed by atoms with van der Waals surface area (Å²) < 4.78 is 27.7. The van der Waals surface area contributed by atoms with Gasteiger partial charge in [-0.25, -0.2) is 4.39 Å². The molecule has 3 aromatic rings. The number of rotatable bonds is 7. The number of thiocarbonyl (C=S) groups is 1. The highest BCUT2D eigenvalue weighted by molar-refractivity contribution is 9.10. The molecule has 0 N–H and O–H groups in total. The Morgan fingerprint density at radius 3 is 2.53 bits per heavy atom. The summed E-state index contributed by atoms with van der Waals surface area (Å²) in [5.74, 6) is 0.430. The molecule has 9 heteroatoms. The highest BCUT2D eigenvalue weighted by Crippen LogP contribution is 2.40. The van der Waals surface area contributed by atoms with Gasteiger partial charge >= 0.3 is 0 Å². The number of halogens is 3. The lowest BCUT2D eigenvalue weighted by atomic mass is 10.1. The van der Waals surface area contributed by atoms with E-state index in [4.69, 9.17) is 21.7 Å². The Hall–Kier alpha value is -2.20. The van der Waals surface area contributed by atoms with Crippen LogP contribution in [0.4, 0.5) is 10.1 Å². The normalized spacial score (nSPS) is 14.7. The van der Waals surface area contributed by atoms with E-state index in [0.29, 0.717) is 43.1 Å². The van der Waals surface area contributed by atoms with Crippen LogP contribution in [-0.4, -0.2) is 16.8 Å². The topological polar surface area (TPSA) is 38.8 Å². The van der Waals surface area contributed by atoms with Gasteiger partial charge in [-0.3, -0.25) is 9.69 Å². The van der Waals surface area contributed by atoms with Crippen molar-refractivity contribution in [1.82, 2.24) is 0 Å². The van der Waals surface area contributed by atoms with Gasteiger partial charge in [0.2, 0.25) is 0 Å². The van der Waals surface area contributed by atoms with E-state index in [1.807, 2.05) is 37.3 Å². The number of amides is 1. The second-order valence-corrected chi connectivity index (χ2v) is 10.6. The predicted octanol–water partition coefficient (Wildman–Crippen LogP) is 7.73. The van der Waals surface area contributed by atoms with Crippen LogP contribution in [0.5, 0.6) is 11.5 Å². The monoisotopic (exact) mass is 621 g/mol. The van der Waals surface area contributed by atoms with E-state index < -0.39 is 0 Å². The van der Waals surface area contributed by atoms with Gasteiger partial charge in [0, 0.05) is 10.0 Å². The molecule has 0 aliphatic carbocycles. The summed E-state index contributed by atoms with van der Waals surface area (Å²) in [6.07, 6.45) is 1.77. The molecule has 1 heterocycles. The lowest BCUT2D eigenvalue weighted by Gasteiger charge is -2.15. The van der Waals surface area contributed by atoms with Gasteiger partial charge in [-0.2, -0.15) is 0 Å². The van der Waals surface area contributed by atoms with E-state index in [2.05, 4.69) is 31.9 Å². The highest BCUT2D eigenvalue weighted by Gasteiger charge is 2.33. The molecule has 3 aromatic carbocycles. The van der Waals surface area contributed by atoms with Crippen LogP contribution in [-0.2, 0) is 11.4 Å². The largest absolute Gasteiger partial charge is 0.490 e. The van der Waals surface area contributed by atoms with Crippen LogP contribution in [0.25, 0.3) is 6.08 Å². The first-order valence-corrected chi connectivity index (χ1v) is 13.0. The molecule has 0 bridgehead atoms. The van der Waals surface area contributed by atoms with E-state index in [0.717, 1.165) is 10.0 Å². The van der Waals surface area contributed by atoms with Crippen molar-refractivity contribution in [2.45, 2.75) is 13.5 Å². The van der Waals surface area contributed by atoms with Crippen LogP contribution >= 0.6 is 55.8 Å². The van der Waals surface area contributed by atoms with Crippen molar-refractivity contribution in [3.8, 4) is 11.5 Å². The molecule has 0 atom stereocenters. The molecule has 34 heavy (non-hydrogen) atoms. The summed E-state index contributed by atoms with van der Waals surface area (Å²) in [5.41, 5.74) is 1.89. The van der Waals surface area contributed by atoms with Crippen LogP contribution in [0.2, 0.25) is 0 Å². The van der Waals surface area contributed by atoms with E-state index >= 15 is 0 Å². The Kier molecular flexibility index (Phi) is 8.08. The van der Waals surface area contributed by atoms with Gasteiger partial charge < -0.3 is 9.47 Å². The number of carbonyl (C=O) groups excluding carboxylic acids is 1. The third kappa shape index (κ3) is 5.54. The van der Waals surface area contributed by atoms with Crippen molar-refractivity contribution >= 4 is 77.8 Å². The zero-order valence-electron chi connectivity index (χ0n) is 17.9. The minimum Gasteiger partial charge on any atom is -0.490 e. The fourth-order valence-corrected chi connectivity index (χ4v) is 5.41. The number of nitrogens with zero attached hydrogens (tertiary/aromatic N) is 1. The Morgan fingerprint density at radius 2 is 1.82 bits per heavy atom. The van der Waals surface area contributed by atoms with Gasteiger partial charge in [0.25, 0.3) is 5.91 Å². The van der Waals surface area contributed by atoms with E-state index in [1.54, 1.807) is 30.3 Å². The van der Waals surface area contributed by atoms with E-state index in [9.17, 15) is 9.18 Å². The van der Waals surface area contributed by atoms with Gasteiger partial charge in [-0.05, 0) is 77.0 Å². The second kappa shape index (κ2) is 11.0. The van der Waals surface area contributed by atoms with E-state index in [-0.39, 0.29) is 18.3 Å². The van der Waals surface area contributed by atoms with Gasteiger partial charge in [-0.15, -0.1) is 0 Å². The van der Waals surface area contributed by atoms with Gasteiger partial charge in [0.05, 0.1) is 21.7 Å². The Labute approximate surface area is 223 Å². The number of carbonyl (C=O) groups is 1. The van der Waals surface area contributed by atoms with Crippen molar-refractivity contribution in [2.24, 2.45) is 0 Å². The fraction of sp³-hybridized carbons (Fsp3) is 0.120. The molecule has 1 amide bonds. The molecule has 0 spiro atoms. The Balaban J connectivity index is 1.60. The summed E-state index contributed by atoms with van der Waals surface area (Å²) >= 11 is 13.6. The van der Waals surface area contributed by atoms with Crippen LogP contribution < -0.4 is 14.4 Å².